The molecule has 7 aromatic carbocycles. The molecule has 1 atom stereocenters. The number of halogens is 4. The number of benzene rings is 7. The van der Waals surface area contributed by atoms with E-state index in [2.05, 4.69) is 121 Å². The highest BCUT2D eigenvalue weighted by Gasteiger charge is 2.33. The molecule has 14 rings (SSSR count). The number of nitro benzene ring substituents is 3. The van der Waals surface area contributed by atoms with Gasteiger partial charge in [-0.2, -0.15) is 4.98 Å². The Labute approximate surface area is 660 Å². The maximum absolute atomic E-state index is 12.6. The number of Topliss-reactive ketones (excluding diaryl/α,β-unsaturated/α-hetero) is 1. The topological polar surface area (TPSA) is 281 Å². The van der Waals surface area contributed by atoms with E-state index in [1.807, 2.05) is 49.5 Å². The van der Waals surface area contributed by atoms with Crippen LogP contribution in [0, 0.1) is 42.2 Å². The normalized spacial score (nSPS) is 16.0. The molecule has 0 spiro atoms. The number of hydrogen-bond donors (Lipinski definition) is 5. The number of carbonyl (C=O) groups is 2. The number of nitro groups is 3. The highest BCUT2D eigenvalue weighted by molar-refractivity contribution is 6.35. The number of rotatable bonds is 18. The van der Waals surface area contributed by atoms with E-state index >= 15 is 0 Å². The molecule has 1 aromatic heterocycles. The smallest absolute Gasteiger partial charge is 0.312 e. The first-order valence-electron chi connectivity index (χ1n) is 36.5. The van der Waals surface area contributed by atoms with E-state index in [1.54, 1.807) is 37.3 Å². The van der Waals surface area contributed by atoms with Crippen molar-refractivity contribution >= 4 is 149 Å². The van der Waals surface area contributed by atoms with E-state index in [0.717, 1.165) is 155 Å². The van der Waals surface area contributed by atoms with Crippen molar-refractivity contribution in [2.45, 2.75) is 110 Å². The molecule has 0 bridgehead atoms. The Bertz CT molecular complexity index is 4750. The summed E-state index contributed by atoms with van der Waals surface area (Å²) in [6.45, 7) is 21.6. The average molecular weight is 1570 g/mol. The van der Waals surface area contributed by atoms with E-state index in [0.29, 0.717) is 67.6 Å². The van der Waals surface area contributed by atoms with Crippen molar-refractivity contribution in [3.8, 4) is 5.75 Å². The molecule has 110 heavy (non-hydrogen) atoms. The number of ether oxygens (including phenoxy) is 2. The van der Waals surface area contributed by atoms with Crippen molar-refractivity contribution in [1.82, 2.24) is 9.97 Å². The summed E-state index contributed by atoms with van der Waals surface area (Å²) in [5, 5.41) is 51.1. The van der Waals surface area contributed by atoms with Crippen molar-refractivity contribution in [3.05, 3.63) is 236 Å². The van der Waals surface area contributed by atoms with Crippen molar-refractivity contribution in [2.24, 2.45) is 11.8 Å². The standard InChI is InChI=1S/C23H28ClN5O3.C23H27ClN4O2.C18H18ClN3O2.C18H17ClN2O3/c1-14-6-8-29(9-7-14)23-25-12-18(24)21(27-23)26-17-4-5-19-16(10-17)11-20(22(31)28(19)3)32-13-15(2)30;1-15-8-10-27(11-9-15)22-14-20(19(24)13-23(22)28(29)30)25-18-6-7-21-17(12-18)5-4-16(2)26(21)3;1-11-3-4-13-8-14(6-5-12(13)7-11)21-16-10-17(20-2)18(22(23)24)9-15(16)19;1-11-3-4-13-8-14(6-5-12(13)7-11)20-16-10-18(24-2)17(21(22)23)9-15(16)19/h4-5,10,12,14,20H,6-9,11,13H2,1-3H3,(H,25,26,27);6-7,12-15,25H,2,4-5,8-11H2,1,3H3;5-6,8-10,20-21H,1,3-4,7H2,2H3;5-6,8-10,20H,1,3-4,7H2,2H3. The van der Waals surface area contributed by atoms with Gasteiger partial charge in [0, 0.05) is 118 Å². The van der Waals surface area contributed by atoms with Crippen LogP contribution in [0.25, 0.3) is 0 Å². The summed E-state index contributed by atoms with van der Waals surface area (Å²) in [5.74, 6) is 2.48. The fourth-order valence-corrected chi connectivity index (χ4v) is 14.9. The molecule has 0 radical (unpaired) electrons. The van der Waals surface area contributed by atoms with E-state index in [9.17, 15) is 39.9 Å². The largest absolute Gasteiger partial charge is 0.490 e. The first kappa shape index (κ1) is 80.5. The summed E-state index contributed by atoms with van der Waals surface area (Å²) < 4.78 is 10.6. The Morgan fingerprint density at radius 1 is 0.545 bits per heavy atom. The lowest BCUT2D eigenvalue weighted by Gasteiger charge is -2.32. The van der Waals surface area contributed by atoms with Crippen LogP contribution in [-0.2, 0) is 52.9 Å². The van der Waals surface area contributed by atoms with Gasteiger partial charge < -0.3 is 55.7 Å². The number of ketones is 1. The van der Waals surface area contributed by atoms with Crippen molar-refractivity contribution < 1.29 is 33.8 Å². The van der Waals surface area contributed by atoms with Crippen LogP contribution in [0.4, 0.5) is 91.4 Å². The number of carbonyl (C=O) groups excluding carboxylic acids is 2. The minimum atomic E-state index is -0.678. The van der Waals surface area contributed by atoms with Gasteiger partial charge in [0.2, 0.25) is 5.95 Å². The van der Waals surface area contributed by atoms with Crippen LogP contribution in [0.1, 0.15) is 99.1 Å². The van der Waals surface area contributed by atoms with Gasteiger partial charge in [-0.3, -0.25) is 39.9 Å². The lowest BCUT2D eigenvalue weighted by molar-refractivity contribution is -0.385. The van der Waals surface area contributed by atoms with Gasteiger partial charge in [0.1, 0.15) is 29.1 Å². The SMILES string of the molecule is C=C1CCc2cc(Nc3cc(N4CCC(C)CC4)c([N+](=O)[O-])cc3Cl)ccc2N1C.C=C1CCc2cc(Nc3cc(NC)c([N+](=O)[O-])cc3Cl)ccc2C1.C=C1CCc2cc(Nc3cc(OC)c([N+](=O)[O-])cc3Cl)ccc2C1.CC(=O)COC1Cc2cc(Nc3nc(N4CCC(C)CC4)ncc3Cl)ccc2N(C)C1=O. The number of piperidine rings is 2. The number of nitrogens with zero attached hydrogens (tertiary/aromatic N) is 9. The van der Waals surface area contributed by atoms with Gasteiger partial charge in [-0.25, -0.2) is 4.98 Å². The number of anilines is 13. The zero-order valence-electron chi connectivity index (χ0n) is 62.7. The third kappa shape index (κ3) is 19.7. The average Bonchev–Trinajstić information content (AvgIpc) is 0.781. The number of amides is 1. The molecule has 1 unspecified atom stereocenters. The zero-order valence-corrected chi connectivity index (χ0v) is 65.7. The molecule has 2 aliphatic carbocycles. The van der Waals surface area contributed by atoms with Gasteiger partial charge in [-0.05, 0) is 202 Å². The predicted molar refractivity (Wildman–Crippen MR) is 443 cm³/mol. The van der Waals surface area contributed by atoms with Crippen LogP contribution < -0.4 is 50.9 Å². The summed E-state index contributed by atoms with van der Waals surface area (Å²) in [6, 6.07) is 33.4. The maximum atomic E-state index is 12.6. The lowest BCUT2D eigenvalue weighted by atomic mass is 9.88. The molecule has 5 heterocycles. The van der Waals surface area contributed by atoms with Crippen molar-refractivity contribution in [1.29, 1.82) is 0 Å². The zero-order chi connectivity index (χ0) is 78.8. The van der Waals surface area contributed by atoms with Crippen LogP contribution in [0.5, 0.6) is 5.75 Å². The minimum Gasteiger partial charge on any atom is -0.490 e. The molecular weight excluding hydrogens is 1480 g/mol. The Morgan fingerprint density at radius 3 is 1.55 bits per heavy atom. The predicted octanol–water partition coefficient (Wildman–Crippen LogP) is 19.9. The molecule has 0 saturated carbocycles. The van der Waals surface area contributed by atoms with E-state index in [-0.39, 0.29) is 51.1 Å². The van der Waals surface area contributed by atoms with E-state index in [1.165, 1.54) is 71.2 Å². The number of likely N-dealkylation sites (N-methyl/N-ethyl adjacent to an activating group) is 1. The van der Waals surface area contributed by atoms with Gasteiger partial charge in [-0.1, -0.05) is 103 Å². The Hall–Kier alpha value is -10.5. The van der Waals surface area contributed by atoms with E-state index in [4.69, 9.17) is 55.9 Å². The number of fused-ring (bicyclic) bond motifs is 4. The first-order chi connectivity index (χ1) is 52.6. The Balaban J connectivity index is 0.000000147. The molecule has 5 N–H and O–H groups in total. The number of allylic oxidation sites excluding steroid dienone is 3. The van der Waals surface area contributed by atoms with E-state index < -0.39 is 16.0 Å². The molecule has 8 aromatic rings. The molecule has 6 aliphatic rings. The number of aromatic nitrogens is 2. The Morgan fingerprint density at radius 2 is 1.02 bits per heavy atom. The second kappa shape index (κ2) is 35.9. The van der Waals surface area contributed by atoms with Crippen LogP contribution >= 0.6 is 46.4 Å². The van der Waals surface area contributed by atoms with Crippen LogP contribution in [0.2, 0.25) is 20.1 Å². The lowest BCUT2D eigenvalue weighted by Crippen LogP contribution is -2.44. The van der Waals surface area contributed by atoms with Gasteiger partial charge in [0.25, 0.3) is 17.3 Å². The van der Waals surface area contributed by atoms with Crippen molar-refractivity contribution in [2.75, 3.05) is 107 Å². The number of aryl methyl sites for hydroxylation is 3. The molecule has 2 fully saturated rings. The van der Waals surface area contributed by atoms with Crippen LogP contribution in [-0.4, -0.2) is 104 Å². The quantitative estimate of drug-likeness (QED) is 0.0303. The maximum Gasteiger partial charge on any atom is 0.312 e. The third-order valence-corrected chi connectivity index (χ3v) is 21.8. The fourth-order valence-electron chi connectivity index (χ4n) is 14.1. The summed E-state index contributed by atoms with van der Waals surface area (Å²) in [5.41, 5.74) is 19.3. The molecule has 2 saturated heterocycles. The highest BCUT2D eigenvalue weighted by Crippen LogP contribution is 2.44. The monoisotopic (exact) mass is 1570 g/mol. The number of hydrogen-bond acceptors (Lipinski definition) is 20. The molecule has 4 aliphatic heterocycles. The van der Waals surface area contributed by atoms with Gasteiger partial charge in [0.15, 0.2) is 17.4 Å². The summed E-state index contributed by atoms with van der Waals surface area (Å²) in [7, 11) is 6.79. The van der Waals surface area contributed by atoms with Crippen LogP contribution in [0.15, 0.2) is 152 Å². The van der Waals surface area contributed by atoms with Gasteiger partial charge >= 0.3 is 5.69 Å². The third-order valence-electron chi connectivity index (χ3n) is 20.6. The fraction of sp³-hybridized carbons (Fsp3) is 0.341. The molecule has 24 nitrogen and oxygen atoms in total. The Kier molecular flexibility index (Phi) is 26.3. The summed E-state index contributed by atoms with van der Waals surface area (Å²) in [4.78, 5) is 73.4. The molecule has 1 amide bonds. The van der Waals surface area contributed by atoms with Crippen LogP contribution in [0.3, 0.4) is 0 Å². The second-order valence-electron chi connectivity index (χ2n) is 28.6. The minimum absolute atomic E-state index is 0.0444. The molecule has 576 valence electrons. The van der Waals surface area contributed by atoms with Gasteiger partial charge in [0.05, 0.1) is 60.2 Å². The number of methoxy groups -OCH3 is 1. The summed E-state index contributed by atoms with van der Waals surface area (Å²) in [6.07, 6.45) is 13.4. The highest BCUT2D eigenvalue weighted by atomic mass is 35.5. The second-order valence-corrected chi connectivity index (χ2v) is 30.3. The van der Waals surface area contributed by atoms with Gasteiger partial charge in [-0.15, -0.1) is 0 Å². The first-order valence-corrected chi connectivity index (χ1v) is 38.0. The number of nitrogens with one attached hydrogen (secondary N) is 5. The van der Waals surface area contributed by atoms with Crippen molar-refractivity contribution in [3.63, 3.8) is 0 Å². The molecular formula is C82H90Cl4N14O10. The summed E-state index contributed by atoms with van der Waals surface area (Å²) >= 11 is 25.2. The molecule has 28 heteroatoms.